The second-order valence-corrected chi connectivity index (χ2v) is 8.26. The molecule has 4 rings (SSSR count). The average Bonchev–Trinajstić information content (AvgIpc) is 2.85. The van der Waals surface area contributed by atoms with E-state index in [4.69, 9.17) is 15.2 Å². The largest absolute Gasteiger partial charge is 0.474 e. The molecule has 8 nitrogen and oxygen atoms in total. The van der Waals surface area contributed by atoms with Gasteiger partial charge in [0, 0.05) is 24.7 Å². The Balaban J connectivity index is 2.07. The van der Waals surface area contributed by atoms with E-state index >= 15 is 4.39 Å². The first-order chi connectivity index (χ1) is 17.0. The van der Waals surface area contributed by atoms with Crippen molar-refractivity contribution in [2.45, 2.75) is 39.0 Å². The van der Waals surface area contributed by atoms with Gasteiger partial charge in [-0.05, 0) is 31.0 Å². The highest BCUT2D eigenvalue weighted by Gasteiger charge is 2.33. The molecule has 0 aliphatic carbocycles. The fourth-order valence-electron chi connectivity index (χ4n) is 3.89. The Morgan fingerprint density at radius 2 is 1.94 bits per heavy atom. The highest BCUT2D eigenvalue weighted by atomic mass is 19.4. The fraction of sp³-hybridized carbons (Fsp3) is 0.391. The van der Waals surface area contributed by atoms with Gasteiger partial charge < -0.3 is 20.5 Å². The molecule has 1 atom stereocenters. The third-order valence-electron chi connectivity index (χ3n) is 5.62. The van der Waals surface area contributed by atoms with Gasteiger partial charge in [0.05, 0.1) is 25.8 Å². The molecule has 2 aromatic heterocycles. The van der Waals surface area contributed by atoms with Crippen LogP contribution in [-0.4, -0.2) is 53.6 Å². The molecule has 3 N–H and O–H groups in total. The number of aromatic nitrogens is 3. The molecule has 0 radical (unpaired) electrons. The van der Waals surface area contributed by atoms with Crippen LogP contribution >= 0.6 is 0 Å². The van der Waals surface area contributed by atoms with E-state index in [1.54, 1.807) is 13.1 Å². The van der Waals surface area contributed by atoms with Crippen molar-refractivity contribution in [1.29, 1.82) is 0 Å². The molecule has 0 saturated heterocycles. The topological polar surface area (TPSA) is 108 Å². The van der Waals surface area contributed by atoms with Gasteiger partial charge in [-0.1, -0.05) is 0 Å². The number of nitrogens with one attached hydrogen (secondary N) is 1. The quantitative estimate of drug-likeness (QED) is 0.391. The lowest BCUT2D eigenvalue weighted by molar-refractivity contribution is -0.127. The average molecular weight is 510 g/mol. The highest BCUT2D eigenvalue weighted by Crippen LogP contribution is 2.41. The van der Waals surface area contributed by atoms with Gasteiger partial charge in [0.2, 0.25) is 5.88 Å². The number of anilines is 2. The van der Waals surface area contributed by atoms with E-state index in [1.165, 1.54) is 7.11 Å². The summed E-state index contributed by atoms with van der Waals surface area (Å²) in [5.41, 5.74) is 3.28. The van der Waals surface area contributed by atoms with Crippen LogP contribution in [0.1, 0.15) is 24.5 Å². The maximum absolute atomic E-state index is 16.0. The number of ether oxygens (including phenoxy) is 2. The summed E-state index contributed by atoms with van der Waals surface area (Å²) < 4.78 is 81.9. The lowest BCUT2D eigenvalue weighted by Crippen LogP contribution is -2.17. The SMILES string of the molecule is COc1nc2c3c(nc(-c4cc(N)c(F)c(C)c4CC(F)(F)F)c(F)c3n1)OC(C)CC=NCCN2. The van der Waals surface area contributed by atoms with E-state index in [0.717, 1.165) is 13.0 Å². The number of aliphatic imine (C=N–C) groups is 1. The molecule has 3 heterocycles. The van der Waals surface area contributed by atoms with Crippen LogP contribution in [0.3, 0.4) is 0 Å². The predicted molar refractivity (Wildman–Crippen MR) is 125 cm³/mol. The minimum absolute atomic E-state index is 0.0787. The summed E-state index contributed by atoms with van der Waals surface area (Å²) in [5.74, 6) is -2.04. The van der Waals surface area contributed by atoms with E-state index in [2.05, 4.69) is 25.3 Å². The van der Waals surface area contributed by atoms with Crippen LogP contribution in [0, 0.1) is 18.6 Å². The molecule has 36 heavy (non-hydrogen) atoms. The van der Waals surface area contributed by atoms with Crippen LogP contribution < -0.4 is 20.5 Å². The number of nitrogen functional groups attached to an aromatic ring is 1. The molecule has 13 heteroatoms. The molecular weight excluding hydrogens is 487 g/mol. The van der Waals surface area contributed by atoms with Crippen LogP contribution in [-0.2, 0) is 6.42 Å². The zero-order valence-corrected chi connectivity index (χ0v) is 19.6. The summed E-state index contributed by atoms with van der Waals surface area (Å²) in [4.78, 5) is 16.8. The number of benzene rings is 1. The number of rotatable bonds is 3. The van der Waals surface area contributed by atoms with Crippen molar-refractivity contribution in [1.82, 2.24) is 15.0 Å². The Kier molecular flexibility index (Phi) is 6.83. The van der Waals surface area contributed by atoms with E-state index in [0.29, 0.717) is 19.5 Å². The summed E-state index contributed by atoms with van der Waals surface area (Å²) in [6.45, 7) is 3.62. The molecule has 0 fully saturated rings. The van der Waals surface area contributed by atoms with Crippen molar-refractivity contribution >= 4 is 28.6 Å². The van der Waals surface area contributed by atoms with E-state index in [1.807, 2.05) is 0 Å². The number of methoxy groups -OCH3 is 1. The molecule has 0 spiro atoms. The van der Waals surface area contributed by atoms with Gasteiger partial charge in [0.25, 0.3) is 0 Å². The van der Waals surface area contributed by atoms with Crippen molar-refractivity contribution in [3.8, 4) is 23.1 Å². The minimum atomic E-state index is -4.71. The second kappa shape index (κ2) is 9.70. The molecule has 1 aliphatic heterocycles. The molecule has 3 aromatic rings. The molecule has 1 unspecified atom stereocenters. The van der Waals surface area contributed by atoms with E-state index in [-0.39, 0.29) is 39.7 Å². The third-order valence-corrected chi connectivity index (χ3v) is 5.62. The smallest absolute Gasteiger partial charge is 0.393 e. The van der Waals surface area contributed by atoms with Crippen molar-refractivity contribution in [3.63, 3.8) is 0 Å². The van der Waals surface area contributed by atoms with Crippen LogP contribution in [0.4, 0.5) is 33.5 Å². The van der Waals surface area contributed by atoms with Gasteiger partial charge in [0.1, 0.15) is 34.3 Å². The maximum atomic E-state index is 16.0. The lowest BCUT2D eigenvalue weighted by atomic mass is 9.94. The number of nitrogens with two attached hydrogens (primary N) is 1. The Labute approximate surface area is 202 Å². The van der Waals surface area contributed by atoms with Gasteiger partial charge >= 0.3 is 12.2 Å². The first-order valence-electron chi connectivity index (χ1n) is 11.0. The summed E-state index contributed by atoms with van der Waals surface area (Å²) in [6.07, 6.45) is -4.65. The third kappa shape index (κ3) is 4.95. The number of hydrogen-bond acceptors (Lipinski definition) is 8. The second-order valence-electron chi connectivity index (χ2n) is 8.26. The van der Waals surface area contributed by atoms with Crippen LogP contribution in [0.25, 0.3) is 22.2 Å². The molecule has 1 aliphatic rings. The first kappa shape index (κ1) is 25.3. The molecule has 0 amide bonds. The highest BCUT2D eigenvalue weighted by molar-refractivity contribution is 5.96. The lowest BCUT2D eigenvalue weighted by Gasteiger charge is -2.20. The Hall–Kier alpha value is -3.77. The standard InChI is InChI=1S/C23H23F5N6O2/c1-10-4-5-30-6-7-31-20-15-19(33-22(34-20)35-3)17(25)18(32-21(15)36-10)12-8-14(29)16(24)11(2)13(12)9-23(26,27)28/h5,8,10H,4,6-7,9,29H2,1-3H3,(H,31,33,34). The zero-order valence-electron chi connectivity index (χ0n) is 19.6. The molecule has 0 bridgehead atoms. The summed E-state index contributed by atoms with van der Waals surface area (Å²) in [7, 11) is 1.29. The summed E-state index contributed by atoms with van der Waals surface area (Å²) in [5, 5.41) is 3.10. The number of hydrogen-bond donors (Lipinski definition) is 2. The molecule has 1 aromatic carbocycles. The molecule has 0 saturated carbocycles. The maximum Gasteiger partial charge on any atom is 0.393 e. The fourth-order valence-corrected chi connectivity index (χ4v) is 3.89. The van der Waals surface area contributed by atoms with Gasteiger partial charge in [-0.15, -0.1) is 0 Å². The Bertz CT molecular complexity index is 1350. The van der Waals surface area contributed by atoms with Crippen molar-refractivity contribution in [3.05, 3.63) is 28.8 Å². The monoisotopic (exact) mass is 510 g/mol. The molecular formula is C23H23F5N6O2. The number of alkyl halides is 3. The first-order valence-corrected chi connectivity index (χ1v) is 11.0. The van der Waals surface area contributed by atoms with Crippen molar-refractivity contribution in [2.75, 3.05) is 31.2 Å². The van der Waals surface area contributed by atoms with Crippen molar-refractivity contribution in [2.24, 2.45) is 4.99 Å². The summed E-state index contributed by atoms with van der Waals surface area (Å²) in [6, 6.07) is 0.746. The predicted octanol–water partition coefficient (Wildman–Crippen LogP) is 4.63. The number of halogens is 5. The van der Waals surface area contributed by atoms with Crippen LogP contribution in [0.5, 0.6) is 11.9 Å². The van der Waals surface area contributed by atoms with E-state index < -0.39 is 47.3 Å². The zero-order chi connectivity index (χ0) is 26.2. The summed E-state index contributed by atoms with van der Waals surface area (Å²) >= 11 is 0. The Morgan fingerprint density at radius 1 is 1.19 bits per heavy atom. The Morgan fingerprint density at radius 3 is 2.64 bits per heavy atom. The van der Waals surface area contributed by atoms with Gasteiger partial charge in [-0.3, -0.25) is 4.99 Å². The van der Waals surface area contributed by atoms with Gasteiger partial charge in [-0.2, -0.15) is 23.1 Å². The molecule has 192 valence electrons. The van der Waals surface area contributed by atoms with Crippen LogP contribution in [0.2, 0.25) is 0 Å². The van der Waals surface area contributed by atoms with E-state index in [9.17, 15) is 17.6 Å². The minimum Gasteiger partial charge on any atom is -0.474 e. The number of pyridine rings is 1. The van der Waals surface area contributed by atoms with Crippen molar-refractivity contribution < 1.29 is 31.4 Å². The van der Waals surface area contributed by atoms with Gasteiger partial charge in [-0.25, -0.2) is 13.8 Å². The van der Waals surface area contributed by atoms with Gasteiger partial charge in [0.15, 0.2) is 5.82 Å². The van der Waals surface area contributed by atoms with Crippen LogP contribution in [0.15, 0.2) is 11.1 Å². The normalized spacial score (nSPS) is 16.3. The number of nitrogens with zero attached hydrogens (tertiary/aromatic N) is 4.